The van der Waals surface area contributed by atoms with Gasteiger partial charge in [0.05, 0.1) is 13.3 Å². The summed E-state index contributed by atoms with van der Waals surface area (Å²) in [5.41, 5.74) is 1.32. The molecule has 1 unspecified atom stereocenters. The van der Waals surface area contributed by atoms with E-state index in [4.69, 9.17) is 0 Å². The molecular weight excluding hydrogens is 318 g/mol. The molecule has 3 heteroatoms. The van der Waals surface area contributed by atoms with Crippen LogP contribution in [0.25, 0.3) is 0 Å². The van der Waals surface area contributed by atoms with Crippen molar-refractivity contribution in [2.24, 2.45) is 11.3 Å². The van der Waals surface area contributed by atoms with Crippen molar-refractivity contribution >= 4 is 0 Å². The first-order chi connectivity index (χ1) is 11.6. The van der Waals surface area contributed by atoms with E-state index in [-0.39, 0.29) is 5.54 Å². The highest BCUT2D eigenvalue weighted by molar-refractivity contribution is 4.95. The Morgan fingerprint density at radius 2 is 1.19 bits per heavy atom. The smallest absolute Gasteiger partial charge is 0.0540 e. The summed E-state index contributed by atoms with van der Waals surface area (Å²) in [7, 11) is 0. The fourth-order valence-corrected chi connectivity index (χ4v) is 4.34. The van der Waals surface area contributed by atoms with Crippen LogP contribution in [0.1, 0.15) is 94.9 Å². The summed E-state index contributed by atoms with van der Waals surface area (Å²) in [5.74, 6) is 0.833. The normalized spacial score (nSPS) is 25.4. The second-order valence-electron chi connectivity index (χ2n) is 12.3. The quantitative estimate of drug-likeness (QED) is 0.644. The van der Waals surface area contributed by atoms with Gasteiger partial charge in [-0.25, -0.2) is 0 Å². The predicted octanol–water partition coefficient (Wildman–Crippen LogP) is 5.41. The van der Waals surface area contributed by atoms with Gasteiger partial charge in [-0.15, -0.1) is 0 Å². The van der Waals surface area contributed by atoms with Gasteiger partial charge in [0.1, 0.15) is 0 Å². The Bertz CT molecular complexity index is 461. The fourth-order valence-electron chi connectivity index (χ4n) is 4.34. The van der Waals surface area contributed by atoms with Crippen molar-refractivity contribution in [3.8, 4) is 0 Å². The van der Waals surface area contributed by atoms with Gasteiger partial charge < -0.3 is 0 Å². The third-order valence-electron chi connectivity index (χ3n) is 7.34. The number of piperidine rings is 1. The molecule has 0 amide bonds. The van der Waals surface area contributed by atoms with Crippen LogP contribution in [0, 0.1) is 11.3 Å². The Balaban J connectivity index is 1.89. The topological polar surface area (TPSA) is 9.72 Å². The van der Waals surface area contributed by atoms with Crippen molar-refractivity contribution in [2.75, 3.05) is 26.4 Å². The highest BCUT2D eigenvalue weighted by Gasteiger charge is 2.42. The minimum Gasteiger partial charge on any atom is -0.298 e. The lowest BCUT2D eigenvalue weighted by molar-refractivity contribution is -0.137. The van der Waals surface area contributed by atoms with Gasteiger partial charge in [0.25, 0.3) is 0 Å². The SMILES string of the molecule is CC(C)(C)C1CCCN(C(C)(C)CCC(C)(C)N2CN(C(C)(C)C)C2)C1. The predicted molar refractivity (Wildman–Crippen MR) is 114 cm³/mol. The average Bonchev–Trinajstić information content (AvgIpc) is 2.41. The molecule has 2 aliphatic heterocycles. The van der Waals surface area contributed by atoms with Crippen molar-refractivity contribution in [3.05, 3.63) is 0 Å². The zero-order chi connectivity index (χ0) is 20.0. The highest BCUT2D eigenvalue weighted by Crippen LogP contribution is 2.38. The van der Waals surface area contributed by atoms with Crippen molar-refractivity contribution in [1.29, 1.82) is 0 Å². The highest BCUT2D eigenvalue weighted by atomic mass is 15.5. The Labute approximate surface area is 164 Å². The summed E-state index contributed by atoms with van der Waals surface area (Å²) in [6.45, 7) is 28.9. The van der Waals surface area contributed by atoms with Gasteiger partial charge in [-0.1, -0.05) is 20.8 Å². The van der Waals surface area contributed by atoms with Crippen LogP contribution >= 0.6 is 0 Å². The van der Waals surface area contributed by atoms with Crippen molar-refractivity contribution in [1.82, 2.24) is 14.7 Å². The molecule has 2 saturated heterocycles. The molecule has 0 aromatic heterocycles. The summed E-state index contributed by atoms with van der Waals surface area (Å²) in [6.07, 6.45) is 5.32. The van der Waals surface area contributed by atoms with E-state index in [2.05, 4.69) is 83.9 Å². The maximum Gasteiger partial charge on any atom is 0.0540 e. The minimum atomic E-state index is 0.290. The van der Waals surface area contributed by atoms with Crippen LogP contribution in [0.3, 0.4) is 0 Å². The molecule has 0 aromatic rings. The molecule has 1 atom stereocenters. The van der Waals surface area contributed by atoms with E-state index in [0.29, 0.717) is 16.5 Å². The second-order valence-corrected chi connectivity index (χ2v) is 12.3. The molecule has 0 spiro atoms. The van der Waals surface area contributed by atoms with Crippen LogP contribution in [0.5, 0.6) is 0 Å². The van der Waals surface area contributed by atoms with Gasteiger partial charge in [0, 0.05) is 23.2 Å². The number of hydrogen-bond donors (Lipinski definition) is 0. The Morgan fingerprint density at radius 1 is 0.692 bits per heavy atom. The molecule has 2 rings (SSSR count). The van der Waals surface area contributed by atoms with Crippen LogP contribution in [0.15, 0.2) is 0 Å². The maximum atomic E-state index is 2.79. The van der Waals surface area contributed by atoms with E-state index < -0.39 is 0 Å². The zero-order valence-electron chi connectivity index (χ0n) is 19.6. The zero-order valence-corrected chi connectivity index (χ0v) is 19.6. The third-order valence-corrected chi connectivity index (χ3v) is 7.34. The van der Waals surface area contributed by atoms with E-state index in [1.807, 2.05) is 0 Å². The van der Waals surface area contributed by atoms with Crippen molar-refractivity contribution in [2.45, 2.75) is 112 Å². The van der Waals surface area contributed by atoms with Crippen LogP contribution in [-0.2, 0) is 0 Å². The summed E-state index contributed by atoms with van der Waals surface area (Å²) in [4.78, 5) is 8.01. The summed E-state index contributed by atoms with van der Waals surface area (Å²) in [5, 5.41) is 0. The van der Waals surface area contributed by atoms with Crippen molar-refractivity contribution in [3.63, 3.8) is 0 Å². The first-order valence-electron chi connectivity index (χ1n) is 10.9. The van der Waals surface area contributed by atoms with Gasteiger partial charge in [-0.3, -0.25) is 14.7 Å². The van der Waals surface area contributed by atoms with E-state index in [9.17, 15) is 0 Å². The largest absolute Gasteiger partial charge is 0.298 e. The van der Waals surface area contributed by atoms with Gasteiger partial charge in [0.2, 0.25) is 0 Å². The number of hydrogen-bond acceptors (Lipinski definition) is 3. The summed E-state index contributed by atoms with van der Waals surface area (Å²) >= 11 is 0. The molecule has 26 heavy (non-hydrogen) atoms. The number of nitrogens with zero attached hydrogens (tertiary/aromatic N) is 3. The van der Waals surface area contributed by atoms with Crippen LogP contribution < -0.4 is 0 Å². The molecule has 0 saturated carbocycles. The van der Waals surface area contributed by atoms with Gasteiger partial charge in [0.15, 0.2) is 0 Å². The molecule has 2 heterocycles. The Kier molecular flexibility index (Phi) is 6.28. The molecule has 0 aliphatic carbocycles. The molecule has 0 bridgehead atoms. The first-order valence-corrected chi connectivity index (χ1v) is 10.9. The molecule has 0 aromatic carbocycles. The monoisotopic (exact) mass is 365 g/mol. The van der Waals surface area contributed by atoms with E-state index in [0.717, 1.165) is 19.3 Å². The standard InChI is InChI=1S/C23H47N3/c1-20(2,3)19-12-11-15-24(16-19)22(7,8)13-14-23(9,10)26-17-25(18-26)21(4,5)6/h19H,11-18H2,1-10H3. The van der Waals surface area contributed by atoms with E-state index >= 15 is 0 Å². The van der Waals surface area contributed by atoms with Crippen LogP contribution in [-0.4, -0.2) is 57.7 Å². The fraction of sp³-hybridized carbons (Fsp3) is 1.00. The number of likely N-dealkylation sites (tertiary alicyclic amines) is 1. The minimum absolute atomic E-state index is 0.290. The second kappa shape index (κ2) is 7.37. The molecule has 2 fully saturated rings. The molecule has 0 radical (unpaired) electrons. The van der Waals surface area contributed by atoms with Crippen molar-refractivity contribution < 1.29 is 0 Å². The molecule has 2 aliphatic rings. The molecule has 3 nitrogen and oxygen atoms in total. The van der Waals surface area contributed by atoms with Crippen LogP contribution in [0.4, 0.5) is 0 Å². The van der Waals surface area contributed by atoms with Gasteiger partial charge in [-0.05, 0) is 92.0 Å². The third kappa shape index (κ3) is 5.23. The van der Waals surface area contributed by atoms with Crippen LogP contribution in [0.2, 0.25) is 0 Å². The van der Waals surface area contributed by atoms with Gasteiger partial charge in [-0.2, -0.15) is 0 Å². The first kappa shape index (κ1) is 22.2. The summed E-state index contributed by atoms with van der Waals surface area (Å²) in [6, 6.07) is 0. The summed E-state index contributed by atoms with van der Waals surface area (Å²) < 4.78 is 0. The lowest BCUT2D eigenvalue weighted by Crippen LogP contribution is -2.67. The van der Waals surface area contributed by atoms with E-state index in [1.54, 1.807) is 0 Å². The molecule has 154 valence electrons. The Morgan fingerprint density at radius 3 is 1.65 bits per heavy atom. The maximum absolute atomic E-state index is 2.79. The molecule has 0 N–H and O–H groups in total. The van der Waals surface area contributed by atoms with E-state index in [1.165, 1.54) is 38.8 Å². The lowest BCUT2D eigenvalue weighted by atomic mass is 9.75. The average molecular weight is 366 g/mol. The Hall–Kier alpha value is -0.120. The molecular formula is C23H47N3. The number of rotatable bonds is 5. The lowest BCUT2D eigenvalue weighted by Gasteiger charge is -2.56. The van der Waals surface area contributed by atoms with Gasteiger partial charge >= 0.3 is 0 Å².